The minimum atomic E-state index is -0.350. The van der Waals surface area contributed by atoms with E-state index in [1.807, 2.05) is 0 Å². The van der Waals surface area contributed by atoms with Crippen LogP contribution in [-0.2, 0) is 4.79 Å². The molecule has 7 heteroatoms. The molecule has 7 nitrogen and oxygen atoms in total. The molecule has 2 saturated heterocycles. The summed E-state index contributed by atoms with van der Waals surface area (Å²) in [6.07, 6.45) is 14.1. The number of piperidine rings is 1. The molecule has 2 heterocycles. The van der Waals surface area contributed by atoms with Crippen LogP contribution in [0.15, 0.2) is 9.59 Å². The Bertz CT molecular complexity index is 896. The predicted octanol–water partition coefficient (Wildman–Crippen LogP) is 2.97. The highest BCUT2D eigenvalue weighted by atomic mass is 16.2. The number of amides is 1. The lowest BCUT2D eigenvalue weighted by Crippen LogP contribution is -2.53. The molecule has 188 valence electrons. The lowest BCUT2D eigenvalue weighted by Gasteiger charge is -2.42. The van der Waals surface area contributed by atoms with Crippen LogP contribution in [0.25, 0.3) is 0 Å². The van der Waals surface area contributed by atoms with Crippen LogP contribution < -0.4 is 21.1 Å². The Labute approximate surface area is 203 Å². The highest BCUT2D eigenvalue weighted by Crippen LogP contribution is 2.32. The second-order valence-corrected chi connectivity index (χ2v) is 11.2. The van der Waals surface area contributed by atoms with Gasteiger partial charge < -0.3 is 15.1 Å². The first-order chi connectivity index (χ1) is 16.6. The summed E-state index contributed by atoms with van der Waals surface area (Å²) in [4.78, 5) is 44.4. The SMILES string of the molecule is O=C(C1CCC(CNc2c(N3CCCCC3)c(=O)c2=O)CC1)N1CCN(C2CCCCC2)CC1. The second kappa shape index (κ2) is 10.8. The van der Waals surface area contributed by atoms with E-state index in [2.05, 4.69) is 20.0 Å². The molecule has 1 amide bonds. The molecule has 1 aromatic rings. The van der Waals surface area contributed by atoms with Crippen LogP contribution >= 0.6 is 0 Å². The van der Waals surface area contributed by atoms with Gasteiger partial charge in [-0.2, -0.15) is 0 Å². The molecular weight excluding hydrogens is 428 g/mol. The maximum atomic E-state index is 13.2. The summed E-state index contributed by atoms with van der Waals surface area (Å²) in [6.45, 7) is 6.34. The van der Waals surface area contributed by atoms with E-state index in [-0.39, 0.29) is 16.8 Å². The predicted molar refractivity (Wildman–Crippen MR) is 136 cm³/mol. The van der Waals surface area contributed by atoms with E-state index in [0.29, 0.717) is 23.2 Å². The molecule has 0 aromatic heterocycles. The van der Waals surface area contributed by atoms with Gasteiger partial charge in [0.25, 0.3) is 10.9 Å². The van der Waals surface area contributed by atoms with Crippen molar-refractivity contribution in [3.63, 3.8) is 0 Å². The quantitative estimate of drug-likeness (QED) is 0.645. The summed E-state index contributed by atoms with van der Waals surface area (Å²) < 4.78 is 0. The van der Waals surface area contributed by atoms with E-state index in [1.165, 1.54) is 38.5 Å². The number of hydrogen-bond donors (Lipinski definition) is 1. The van der Waals surface area contributed by atoms with Crippen molar-refractivity contribution in [3.8, 4) is 0 Å². The molecule has 0 spiro atoms. The number of nitrogens with one attached hydrogen (secondary N) is 1. The standard InChI is InChI=1S/C27H42N4O3/c32-25-23(24(26(25)33)30-13-5-2-6-14-30)28-19-20-9-11-21(12-10-20)27(34)31-17-15-29(16-18-31)22-7-3-1-4-8-22/h20-22,28H,1-19H2. The van der Waals surface area contributed by atoms with Crippen LogP contribution in [0.1, 0.15) is 77.0 Å². The van der Waals surface area contributed by atoms with Crippen LogP contribution in [0.4, 0.5) is 11.4 Å². The van der Waals surface area contributed by atoms with Crippen LogP contribution in [0.5, 0.6) is 0 Å². The third-order valence-electron chi connectivity index (χ3n) is 9.04. The normalized spacial score (nSPS) is 27.8. The van der Waals surface area contributed by atoms with Gasteiger partial charge in [0, 0.05) is 57.8 Å². The minimum absolute atomic E-state index is 0.160. The van der Waals surface area contributed by atoms with Gasteiger partial charge in [-0.15, -0.1) is 0 Å². The van der Waals surface area contributed by atoms with Gasteiger partial charge in [0.1, 0.15) is 11.4 Å². The molecule has 1 aromatic carbocycles. The van der Waals surface area contributed by atoms with Gasteiger partial charge in [0.2, 0.25) is 5.91 Å². The highest BCUT2D eigenvalue weighted by Gasteiger charge is 2.33. The molecule has 0 radical (unpaired) electrons. The van der Waals surface area contributed by atoms with Crippen molar-refractivity contribution in [1.29, 1.82) is 0 Å². The topological polar surface area (TPSA) is 73.0 Å². The summed E-state index contributed by atoms with van der Waals surface area (Å²) in [5, 5.41) is 3.33. The van der Waals surface area contributed by atoms with Crippen molar-refractivity contribution in [2.24, 2.45) is 11.8 Å². The third kappa shape index (κ3) is 5.05. The molecule has 2 aliphatic heterocycles. The molecule has 4 aliphatic rings. The fourth-order valence-electron chi connectivity index (χ4n) is 6.83. The molecular formula is C27H42N4O3. The van der Waals surface area contributed by atoms with Crippen molar-refractivity contribution in [2.45, 2.75) is 83.1 Å². The highest BCUT2D eigenvalue weighted by molar-refractivity contribution is 5.79. The molecule has 1 N–H and O–H groups in total. The molecule has 0 bridgehead atoms. The Hall–Kier alpha value is -1.89. The second-order valence-electron chi connectivity index (χ2n) is 11.2. The lowest BCUT2D eigenvalue weighted by atomic mass is 9.81. The van der Waals surface area contributed by atoms with Crippen LogP contribution in [0.3, 0.4) is 0 Å². The Morgan fingerprint density at radius 3 is 2.06 bits per heavy atom. The first-order valence-corrected chi connectivity index (χ1v) is 14.0. The van der Waals surface area contributed by atoms with Crippen molar-refractivity contribution >= 4 is 17.3 Å². The van der Waals surface area contributed by atoms with Gasteiger partial charge in [0.05, 0.1) is 0 Å². The number of carbonyl (C=O) groups excluding carboxylic acids is 1. The molecule has 2 saturated carbocycles. The van der Waals surface area contributed by atoms with Gasteiger partial charge in [-0.25, -0.2) is 0 Å². The van der Waals surface area contributed by atoms with E-state index >= 15 is 0 Å². The number of rotatable bonds is 6. The number of carbonyl (C=O) groups is 1. The smallest absolute Gasteiger partial charge is 0.253 e. The molecule has 0 atom stereocenters. The third-order valence-corrected chi connectivity index (χ3v) is 9.04. The Kier molecular flexibility index (Phi) is 7.57. The average Bonchev–Trinajstić information content (AvgIpc) is 2.91. The number of anilines is 2. The zero-order valence-electron chi connectivity index (χ0n) is 20.7. The summed E-state index contributed by atoms with van der Waals surface area (Å²) in [5.41, 5.74) is 0.501. The van der Waals surface area contributed by atoms with E-state index in [9.17, 15) is 14.4 Å². The van der Waals surface area contributed by atoms with Crippen molar-refractivity contribution in [3.05, 3.63) is 20.4 Å². The van der Waals surface area contributed by atoms with Gasteiger partial charge >= 0.3 is 0 Å². The summed E-state index contributed by atoms with van der Waals surface area (Å²) in [7, 11) is 0. The van der Waals surface area contributed by atoms with E-state index in [1.54, 1.807) is 0 Å². The van der Waals surface area contributed by atoms with E-state index in [0.717, 1.165) is 90.4 Å². The molecule has 34 heavy (non-hydrogen) atoms. The summed E-state index contributed by atoms with van der Waals surface area (Å²) in [6, 6.07) is 0.748. The molecule has 0 unspecified atom stereocenters. The van der Waals surface area contributed by atoms with Gasteiger partial charge in [-0.05, 0) is 63.7 Å². The molecule has 4 fully saturated rings. The van der Waals surface area contributed by atoms with E-state index in [4.69, 9.17) is 0 Å². The van der Waals surface area contributed by atoms with Gasteiger partial charge in [-0.3, -0.25) is 19.3 Å². The van der Waals surface area contributed by atoms with Crippen molar-refractivity contribution in [1.82, 2.24) is 9.80 Å². The van der Waals surface area contributed by atoms with Crippen LogP contribution in [0, 0.1) is 11.8 Å². The number of hydrogen-bond acceptors (Lipinski definition) is 6. The van der Waals surface area contributed by atoms with E-state index < -0.39 is 0 Å². The fourth-order valence-corrected chi connectivity index (χ4v) is 6.83. The van der Waals surface area contributed by atoms with Crippen LogP contribution in [0.2, 0.25) is 0 Å². The maximum absolute atomic E-state index is 13.2. The van der Waals surface area contributed by atoms with Gasteiger partial charge in [0.15, 0.2) is 0 Å². The Morgan fingerprint density at radius 2 is 1.38 bits per heavy atom. The van der Waals surface area contributed by atoms with Crippen molar-refractivity contribution in [2.75, 3.05) is 56.0 Å². The summed E-state index contributed by atoms with van der Waals surface area (Å²) in [5.74, 6) is 0.989. The first-order valence-electron chi connectivity index (χ1n) is 14.0. The number of nitrogens with zero attached hydrogens (tertiary/aromatic N) is 3. The monoisotopic (exact) mass is 470 g/mol. The van der Waals surface area contributed by atoms with Crippen molar-refractivity contribution < 1.29 is 4.79 Å². The van der Waals surface area contributed by atoms with Gasteiger partial charge in [-0.1, -0.05) is 19.3 Å². The zero-order chi connectivity index (χ0) is 23.5. The molecule has 5 rings (SSSR count). The Morgan fingerprint density at radius 1 is 0.735 bits per heavy atom. The maximum Gasteiger partial charge on any atom is 0.253 e. The largest absolute Gasteiger partial charge is 0.380 e. The first kappa shape index (κ1) is 23.8. The molecule has 2 aliphatic carbocycles. The Balaban J connectivity index is 1.05. The minimum Gasteiger partial charge on any atom is -0.380 e. The fraction of sp³-hybridized carbons (Fsp3) is 0.815. The average molecular weight is 471 g/mol. The number of piperazine rings is 1. The summed E-state index contributed by atoms with van der Waals surface area (Å²) >= 11 is 0. The van der Waals surface area contributed by atoms with Crippen LogP contribution in [-0.4, -0.2) is 67.6 Å². The zero-order valence-corrected chi connectivity index (χ0v) is 20.7. The lowest BCUT2D eigenvalue weighted by molar-refractivity contribution is -0.139.